The predicted molar refractivity (Wildman–Crippen MR) is 50.8 cm³/mol. The minimum absolute atomic E-state index is 0.299. The van der Waals surface area contributed by atoms with Crippen molar-refractivity contribution in [3.63, 3.8) is 0 Å². The number of nitriles is 1. The molecule has 80 valence electrons. The SMILES string of the molecule is COCCOCCC1(C#N)CCOC1. The molecule has 0 aromatic rings. The van der Waals surface area contributed by atoms with Gasteiger partial charge >= 0.3 is 0 Å². The number of rotatable bonds is 6. The number of nitrogens with zero attached hydrogens (tertiary/aromatic N) is 1. The maximum absolute atomic E-state index is 9.01. The Morgan fingerprint density at radius 1 is 1.43 bits per heavy atom. The van der Waals surface area contributed by atoms with Crippen LogP contribution in [-0.4, -0.2) is 40.1 Å². The van der Waals surface area contributed by atoms with Crippen molar-refractivity contribution in [3.05, 3.63) is 0 Å². The van der Waals surface area contributed by atoms with Crippen molar-refractivity contribution < 1.29 is 14.2 Å². The second kappa shape index (κ2) is 5.97. The molecule has 1 aliphatic rings. The maximum Gasteiger partial charge on any atom is 0.0850 e. The van der Waals surface area contributed by atoms with Crippen molar-refractivity contribution in [1.82, 2.24) is 0 Å². The van der Waals surface area contributed by atoms with Gasteiger partial charge in [-0.05, 0) is 12.8 Å². The third-order valence-corrected chi connectivity index (χ3v) is 2.50. The Kier molecular flexibility index (Phi) is 4.88. The second-order valence-electron chi connectivity index (χ2n) is 3.55. The third kappa shape index (κ3) is 3.26. The minimum Gasteiger partial charge on any atom is -0.382 e. The van der Waals surface area contributed by atoms with Gasteiger partial charge in [0.05, 0.1) is 31.3 Å². The Hall–Kier alpha value is -0.630. The quantitative estimate of drug-likeness (QED) is 0.598. The Bertz CT molecular complexity index is 194. The van der Waals surface area contributed by atoms with E-state index in [0.29, 0.717) is 33.0 Å². The van der Waals surface area contributed by atoms with Crippen LogP contribution in [0.1, 0.15) is 12.8 Å². The molecule has 0 aliphatic carbocycles. The topological polar surface area (TPSA) is 51.5 Å². The van der Waals surface area contributed by atoms with Crippen LogP contribution in [0, 0.1) is 16.7 Å². The van der Waals surface area contributed by atoms with Crippen LogP contribution < -0.4 is 0 Å². The molecule has 0 bridgehead atoms. The van der Waals surface area contributed by atoms with Crippen LogP contribution in [0.15, 0.2) is 0 Å². The monoisotopic (exact) mass is 199 g/mol. The number of hydrogen-bond acceptors (Lipinski definition) is 4. The lowest BCUT2D eigenvalue weighted by Gasteiger charge is -2.17. The van der Waals surface area contributed by atoms with Crippen LogP contribution in [0.3, 0.4) is 0 Å². The maximum atomic E-state index is 9.01. The van der Waals surface area contributed by atoms with Gasteiger partial charge in [0.1, 0.15) is 0 Å². The van der Waals surface area contributed by atoms with Crippen LogP contribution in [0.25, 0.3) is 0 Å². The number of ether oxygens (including phenoxy) is 3. The van der Waals surface area contributed by atoms with E-state index in [4.69, 9.17) is 19.5 Å². The smallest absolute Gasteiger partial charge is 0.0850 e. The Morgan fingerprint density at radius 3 is 2.86 bits per heavy atom. The molecule has 0 spiro atoms. The van der Waals surface area contributed by atoms with E-state index < -0.39 is 0 Å². The molecule has 4 heteroatoms. The van der Waals surface area contributed by atoms with Gasteiger partial charge in [-0.1, -0.05) is 0 Å². The minimum atomic E-state index is -0.299. The third-order valence-electron chi connectivity index (χ3n) is 2.50. The van der Waals surface area contributed by atoms with Crippen molar-refractivity contribution in [1.29, 1.82) is 5.26 Å². The molecule has 14 heavy (non-hydrogen) atoms. The summed E-state index contributed by atoms with van der Waals surface area (Å²) in [7, 11) is 1.64. The molecule has 1 rings (SSSR count). The van der Waals surface area contributed by atoms with Gasteiger partial charge < -0.3 is 14.2 Å². The molecule has 1 heterocycles. The lowest BCUT2D eigenvalue weighted by atomic mass is 9.86. The van der Waals surface area contributed by atoms with Crippen molar-refractivity contribution in [2.45, 2.75) is 12.8 Å². The largest absolute Gasteiger partial charge is 0.382 e. The van der Waals surface area contributed by atoms with E-state index in [1.54, 1.807) is 7.11 Å². The summed E-state index contributed by atoms with van der Waals surface area (Å²) in [5.74, 6) is 0. The molecule has 4 nitrogen and oxygen atoms in total. The summed E-state index contributed by atoms with van der Waals surface area (Å²) in [5, 5.41) is 9.01. The predicted octanol–water partition coefficient (Wildman–Crippen LogP) is 0.970. The summed E-state index contributed by atoms with van der Waals surface area (Å²) in [6.45, 7) is 3.07. The van der Waals surface area contributed by atoms with Crippen molar-refractivity contribution in [3.8, 4) is 6.07 Å². The van der Waals surface area contributed by atoms with Crippen molar-refractivity contribution >= 4 is 0 Å². The fourth-order valence-corrected chi connectivity index (χ4v) is 1.46. The fraction of sp³-hybridized carbons (Fsp3) is 0.900. The highest BCUT2D eigenvalue weighted by molar-refractivity contribution is 5.01. The first kappa shape index (κ1) is 11.4. The number of hydrogen-bond donors (Lipinski definition) is 0. The lowest BCUT2D eigenvalue weighted by molar-refractivity contribution is 0.0558. The van der Waals surface area contributed by atoms with E-state index in [0.717, 1.165) is 12.8 Å². The zero-order chi connectivity index (χ0) is 10.3. The molecule has 0 radical (unpaired) electrons. The summed E-state index contributed by atoms with van der Waals surface area (Å²) in [6, 6.07) is 2.33. The first-order valence-corrected chi connectivity index (χ1v) is 4.89. The Balaban J connectivity index is 2.13. The van der Waals surface area contributed by atoms with E-state index in [9.17, 15) is 0 Å². The van der Waals surface area contributed by atoms with Crippen LogP contribution in [0.2, 0.25) is 0 Å². The molecule has 1 atom stereocenters. The first-order chi connectivity index (χ1) is 6.83. The highest BCUT2D eigenvalue weighted by Gasteiger charge is 2.34. The number of methoxy groups -OCH3 is 1. The van der Waals surface area contributed by atoms with Gasteiger partial charge in [0.15, 0.2) is 0 Å². The first-order valence-electron chi connectivity index (χ1n) is 4.89. The summed E-state index contributed by atoms with van der Waals surface area (Å²) >= 11 is 0. The molecule has 0 saturated carbocycles. The summed E-state index contributed by atoms with van der Waals surface area (Å²) in [4.78, 5) is 0. The molecule has 0 amide bonds. The van der Waals surface area contributed by atoms with Gasteiger partial charge in [-0.15, -0.1) is 0 Å². The average Bonchev–Trinajstić information content (AvgIpc) is 2.67. The van der Waals surface area contributed by atoms with Gasteiger partial charge in [-0.2, -0.15) is 5.26 Å². The normalized spacial score (nSPS) is 26.3. The fourth-order valence-electron chi connectivity index (χ4n) is 1.46. The molecule has 0 aromatic heterocycles. The van der Waals surface area contributed by atoms with Crippen molar-refractivity contribution in [2.24, 2.45) is 5.41 Å². The van der Waals surface area contributed by atoms with Crippen LogP contribution >= 0.6 is 0 Å². The summed E-state index contributed by atoms with van der Waals surface area (Å²) in [6.07, 6.45) is 1.59. The van der Waals surface area contributed by atoms with Gasteiger partial charge in [0, 0.05) is 20.3 Å². The van der Waals surface area contributed by atoms with Gasteiger partial charge in [-0.25, -0.2) is 0 Å². The Morgan fingerprint density at radius 2 is 2.29 bits per heavy atom. The highest BCUT2D eigenvalue weighted by atomic mass is 16.5. The summed E-state index contributed by atoms with van der Waals surface area (Å²) < 4.78 is 15.4. The molecule has 1 saturated heterocycles. The molecular weight excluding hydrogens is 182 g/mol. The van der Waals surface area contributed by atoms with Crippen LogP contribution in [0.4, 0.5) is 0 Å². The molecule has 0 N–H and O–H groups in total. The van der Waals surface area contributed by atoms with Crippen LogP contribution in [0.5, 0.6) is 0 Å². The average molecular weight is 199 g/mol. The van der Waals surface area contributed by atoms with E-state index >= 15 is 0 Å². The molecular formula is C10H17NO3. The lowest BCUT2D eigenvalue weighted by Crippen LogP contribution is -2.21. The molecule has 0 aromatic carbocycles. The van der Waals surface area contributed by atoms with Crippen molar-refractivity contribution in [2.75, 3.05) is 40.1 Å². The molecule has 1 aliphatic heterocycles. The highest BCUT2D eigenvalue weighted by Crippen LogP contribution is 2.31. The van der Waals surface area contributed by atoms with E-state index in [1.165, 1.54) is 0 Å². The van der Waals surface area contributed by atoms with Gasteiger partial charge in [-0.3, -0.25) is 0 Å². The van der Waals surface area contributed by atoms with Gasteiger partial charge in [0.2, 0.25) is 0 Å². The Labute approximate surface area is 84.8 Å². The second-order valence-corrected chi connectivity index (χ2v) is 3.55. The standard InChI is InChI=1S/C10H17NO3/c1-12-6-7-13-4-2-10(8-11)3-5-14-9-10/h2-7,9H2,1H3. The van der Waals surface area contributed by atoms with Crippen LogP contribution in [-0.2, 0) is 14.2 Å². The molecule has 1 unspecified atom stereocenters. The zero-order valence-corrected chi connectivity index (χ0v) is 8.62. The molecule has 1 fully saturated rings. The van der Waals surface area contributed by atoms with E-state index in [2.05, 4.69) is 6.07 Å². The van der Waals surface area contributed by atoms with E-state index in [-0.39, 0.29) is 5.41 Å². The van der Waals surface area contributed by atoms with Gasteiger partial charge in [0.25, 0.3) is 0 Å². The van der Waals surface area contributed by atoms with E-state index in [1.807, 2.05) is 0 Å². The zero-order valence-electron chi connectivity index (χ0n) is 8.62. The summed E-state index contributed by atoms with van der Waals surface area (Å²) in [5.41, 5.74) is -0.299.